The summed E-state index contributed by atoms with van der Waals surface area (Å²) in [6, 6.07) is 8.97. The lowest BCUT2D eigenvalue weighted by Crippen LogP contribution is -2.30. The Labute approximate surface area is 153 Å². The fourth-order valence-electron chi connectivity index (χ4n) is 3.67. The molecule has 26 heavy (non-hydrogen) atoms. The van der Waals surface area contributed by atoms with E-state index in [0.717, 1.165) is 55.6 Å². The molecule has 2 N–H and O–H groups in total. The summed E-state index contributed by atoms with van der Waals surface area (Å²) in [5, 5.41) is 11.4. The SMILES string of the molecule is Cc1ccccc1CCOC1CCC(Nc2ncnc3[nH]ncc23)CC1. The van der Waals surface area contributed by atoms with Crippen LogP contribution in [0.5, 0.6) is 0 Å². The van der Waals surface area contributed by atoms with Crippen molar-refractivity contribution >= 4 is 16.9 Å². The molecule has 0 unspecified atom stereocenters. The molecule has 0 spiro atoms. The number of hydrogen-bond donors (Lipinski definition) is 2. The van der Waals surface area contributed by atoms with Gasteiger partial charge in [0.1, 0.15) is 12.1 Å². The first-order valence-electron chi connectivity index (χ1n) is 9.36. The predicted molar refractivity (Wildman–Crippen MR) is 102 cm³/mol. The normalized spacial score (nSPS) is 20.3. The molecule has 0 atom stereocenters. The van der Waals surface area contributed by atoms with E-state index in [9.17, 15) is 0 Å². The number of aromatic amines is 1. The monoisotopic (exact) mass is 351 g/mol. The Kier molecular flexibility index (Phi) is 5.11. The van der Waals surface area contributed by atoms with Gasteiger partial charge < -0.3 is 10.1 Å². The van der Waals surface area contributed by atoms with Gasteiger partial charge in [0.05, 0.1) is 24.3 Å². The quantitative estimate of drug-likeness (QED) is 0.709. The molecule has 0 radical (unpaired) electrons. The number of benzene rings is 1. The van der Waals surface area contributed by atoms with E-state index in [1.165, 1.54) is 11.1 Å². The van der Waals surface area contributed by atoms with Crippen molar-refractivity contribution in [3.63, 3.8) is 0 Å². The Balaban J connectivity index is 1.24. The first-order valence-corrected chi connectivity index (χ1v) is 9.36. The minimum atomic E-state index is 0.372. The second kappa shape index (κ2) is 7.83. The number of nitrogens with one attached hydrogen (secondary N) is 2. The van der Waals surface area contributed by atoms with Crippen LogP contribution in [0.2, 0.25) is 0 Å². The summed E-state index contributed by atoms with van der Waals surface area (Å²) in [4.78, 5) is 8.55. The zero-order valence-electron chi connectivity index (χ0n) is 15.1. The van der Waals surface area contributed by atoms with E-state index in [0.29, 0.717) is 12.1 Å². The summed E-state index contributed by atoms with van der Waals surface area (Å²) in [7, 11) is 0. The molecule has 1 fully saturated rings. The van der Waals surface area contributed by atoms with Gasteiger partial charge in [-0.05, 0) is 50.2 Å². The lowest BCUT2D eigenvalue weighted by molar-refractivity contribution is 0.0282. The smallest absolute Gasteiger partial charge is 0.160 e. The first-order chi connectivity index (χ1) is 12.8. The van der Waals surface area contributed by atoms with E-state index in [4.69, 9.17) is 4.74 Å². The van der Waals surface area contributed by atoms with E-state index < -0.39 is 0 Å². The number of hydrogen-bond acceptors (Lipinski definition) is 5. The van der Waals surface area contributed by atoms with Gasteiger partial charge in [0.15, 0.2) is 5.65 Å². The zero-order valence-corrected chi connectivity index (χ0v) is 15.1. The summed E-state index contributed by atoms with van der Waals surface area (Å²) in [5.74, 6) is 0.868. The van der Waals surface area contributed by atoms with Gasteiger partial charge in [-0.25, -0.2) is 9.97 Å². The van der Waals surface area contributed by atoms with Crippen LogP contribution in [0.4, 0.5) is 5.82 Å². The van der Waals surface area contributed by atoms with E-state index in [-0.39, 0.29) is 0 Å². The number of ether oxygens (including phenoxy) is 1. The van der Waals surface area contributed by atoms with Gasteiger partial charge in [0.25, 0.3) is 0 Å². The Hall–Kier alpha value is -2.47. The molecule has 3 aromatic rings. The summed E-state index contributed by atoms with van der Waals surface area (Å²) in [5.41, 5.74) is 3.51. The van der Waals surface area contributed by atoms with Crippen LogP contribution < -0.4 is 5.32 Å². The first kappa shape index (κ1) is 17.0. The molecule has 1 aliphatic rings. The van der Waals surface area contributed by atoms with Crippen LogP contribution >= 0.6 is 0 Å². The van der Waals surface area contributed by atoms with Gasteiger partial charge in [-0.1, -0.05) is 24.3 Å². The van der Waals surface area contributed by atoms with Gasteiger partial charge in [-0.15, -0.1) is 0 Å². The van der Waals surface area contributed by atoms with Crippen LogP contribution in [-0.4, -0.2) is 38.9 Å². The highest BCUT2D eigenvalue weighted by molar-refractivity contribution is 5.85. The molecule has 4 rings (SSSR count). The number of fused-ring (bicyclic) bond motifs is 1. The molecule has 2 aromatic heterocycles. The van der Waals surface area contributed by atoms with Crippen LogP contribution in [-0.2, 0) is 11.2 Å². The second-order valence-electron chi connectivity index (χ2n) is 7.02. The number of rotatable bonds is 6. The van der Waals surface area contributed by atoms with Crippen LogP contribution in [0, 0.1) is 6.92 Å². The Morgan fingerprint density at radius 1 is 1.15 bits per heavy atom. The van der Waals surface area contributed by atoms with Crippen molar-refractivity contribution in [2.24, 2.45) is 0 Å². The van der Waals surface area contributed by atoms with Crippen molar-refractivity contribution in [3.8, 4) is 0 Å². The average Bonchev–Trinajstić information content (AvgIpc) is 3.15. The molecule has 136 valence electrons. The zero-order chi connectivity index (χ0) is 17.8. The summed E-state index contributed by atoms with van der Waals surface area (Å²) in [6.45, 7) is 2.96. The summed E-state index contributed by atoms with van der Waals surface area (Å²) >= 11 is 0. The molecule has 6 nitrogen and oxygen atoms in total. The van der Waals surface area contributed by atoms with Crippen LogP contribution in [0.15, 0.2) is 36.8 Å². The third-order valence-electron chi connectivity index (χ3n) is 5.25. The standard InChI is InChI=1S/C20H25N5O/c1-14-4-2-3-5-15(14)10-11-26-17-8-6-16(7-9-17)24-19-18-12-23-25-20(18)22-13-21-19/h2-5,12-13,16-17H,6-11H2,1H3,(H2,21,22,23,24,25). The van der Waals surface area contributed by atoms with Crippen molar-refractivity contribution in [1.82, 2.24) is 20.2 Å². The van der Waals surface area contributed by atoms with Crippen molar-refractivity contribution in [1.29, 1.82) is 0 Å². The summed E-state index contributed by atoms with van der Waals surface area (Å²) in [6.07, 6.45) is 9.08. The van der Waals surface area contributed by atoms with Gasteiger partial charge >= 0.3 is 0 Å². The Morgan fingerprint density at radius 2 is 2.00 bits per heavy atom. The van der Waals surface area contributed by atoms with Gasteiger partial charge in [-0.2, -0.15) is 5.10 Å². The number of anilines is 1. The van der Waals surface area contributed by atoms with E-state index >= 15 is 0 Å². The maximum absolute atomic E-state index is 6.13. The fourth-order valence-corrected chi connectivity index (χ4v) is 3.67. The molecule has 0 aliphatic heterocycles. The molecule has 2 heterocycles. The minimum absolute atomic E-state index is 0.372. The molecular formula is C20H25N5O. The van der Waals surface area contributed by atoms with Crippen molar-refractivity contribution in [2.75, 3.05) is 11.9 Å². The lowest BCUT2D eigenvalue weighted by Gasteiger charge is -2.29. The largest absolute Gasteiger partial charge is 0.378 e. The van der Waals surface area contributed by atoms with Crippen LogP contribution in [0.25, 0.3) is 11.0 Å². The topological polar surface area (TPSA) is 75.7 Å². The third-order valence-corrected chi connectivity index (χ3v) is 5.25. The molecule has 1 aromatic carbocycles. The predicted octanol–water partition coefficient (Wildman–Crippen LogP) is 3.64. The number of aromatic nitrogens is 4. The highest BCUT2D eigenvalue weighted by atomic mass is 16.5. The van der Waals surface area contributed by atoms with E-state index in [1.807, 2.05) is 0 Å². The molecule has 0 saturated heterocycles. The molecule has 6 heteroatoms. The fraction of sp³-hybridized carbons (Fsp3) is 0.450. The molecule has 1 saturated carbocycles. The maximum Gasteiger partial charge on any atom is 0.160 e. The van der Waals surface area contributed by atoms with Crippen molar-refractivity contribution < 1.29 is 4.74 Å². The molecular weight excluding hydrogens is 326 g/mol. The highest BCUT2D eigenvalue weighted by Crippen LogP contribution is 2.26. The Bertz CT molecular complexity index is 854. The average molecular weight is 351 g/mol. The van der Waals surface area contributed by atoms with Gasteiger partial charge in [0.2, 0.25) is 0 Å². The highest BCUT2D eigenvalue weighted by Gasteiger charge is 2.22. The number of nitrogens with zero attached hydrogens (tertiary/aromatic N) is 3. The van der Waals surface area contributed by atoms with Crippen LogP contribution in [0.1, 0.15) is 36.8 Å². The van der Waals surface area contributed by atoms with Crippen molar-refractivity contribution in [2.45, 2.75) is 51.2 Å². The summed E-state index contributed by atoms with van der Waals surface area (Å²) < 4.78 is 6.13. The van der Waals surface area contributed by atoms with Crippen molar-refractivity contribution in [3.05, 3.63) is 47.9 Å². The molecule has 0 amide bonds. The van der Waals surface area contributed by atoms with Gasteiger partial charge in [0, 0.05) is 6.04 Å². The molecule has 0 bridgehead atoms. The second-order valence-corrected chi connectivity index (χ2v) is 7.02. The third kappa shape index (κ3) is 3.85. The van der Waals surface area contributed by atoms with Crippen LogP contribution in [0.3, 0.4) is 0 Å². The minimum Gasteiger partial charge on any atom is -0.378 e. The maximum atomic E-state index is 6.13. The molecule has 1 aliphatic carbocycles. The number of aryl methyl sites for hydroxylation is 1. The lowest BCUT2D eigenvalue weighted by atomic mass is 9.93. The Morgan fingerprint density at radius 3 is 2.85 bits per heavy atom. The van der Waals surface area contributed by atoms with E-state index in [2.05, 4.69) is 56.7 Å². The number of H-pyrrole nitrogens is 1. The van der Waals surface area contributed by atoms with E-state index in [1.54, 1.807) is 12.5 Å². The van der Waals surface area contributed by atoms with Gasteiger partial charge in [-0.3, -0.25) is 5.10 Å².